The van der Waals surface area contributed by atoms with Gasteiger partial charge in [0.25, 0.3) is 0 Å². The summed E-state index contributed by atoms with van der Waals surface area (Å²) in [5.41, 5.74) is 1.11. The number of carboxylic acids is 1. The number of aromatic hydroxyl groups is 1. The van der Waals surface area contributed by atoms with E-state index in [4.69, 9.17) is 5.11 Å². The fraction of sp³-hybridized carbons (Fsp3) is 0.467. The Morgan fingerprint density at radius 1 is 1.30 bits per heavy atom. The summed E-state index contributed by atoms with van der Waals surface area (Å²) in [6, 6.07) is 4.86. The molecule has 1 aromatic carbocycles. The van der Waals surface area contributed by atoms with Gasteiger partial charge in [-0.3, -0.25) is 9.59 Å². The number of carbonyl (C=O) groups excluding carboxylic acids is 1. The quantitative estimate of drug-likeness (QED) is 0.652. The van der Waals surface area contributed by atoms with Crippen molar-refractivity contribution in [3.63, 3.8) is 0 Å². The van der Waals surface area contributed by atoms with Crippen molar-refractivity contribution >= 4 is 11.9 Å². The van der Waals surface area contributed by atoms with Gasteiger partial charge >= 0.3 is 11.9 Å². The van der Waals surface area contributed by atoms with Crippen LogP contribution >= 0.6 is 0 Å². The summed E-state index contributed by atoms with van der Waals surface area (Å²) in [6.07, 6.45) is 0.0331. The number of carboxylic acid groups (broad SMARTS) is 1. The van der Waals surface area contributed by atoms with Crippen molar-refractivity contribution in [1.82, 2.24) is 0 Å². The molecule has 2 N–H and O–H groups in total. The maximum absolute atomic E-state index is 11.5. The van der Waals surface area contributed by atoms with E-state index in [-0.39, 0.29) is 17.6 Å². The Bertz CT molecular complexity index is 513. The number of carbonyl (C=O) groups is 2. The van der Waals surface area contributed by atoms with E-state index in [1.165, 1.54) is 6.07 Å². The third kappa shape index (κ3) is 3.73. The van der Waals surface area contributed by atoms with Gasteiger partial charge in [0.15, 0.2) is 5.92 Å². The Labute approximate surface area is 118 Å². The average Bonchev–Trinajstić information content (AvgIpc) is 2.35. The Morgan fingerprint density at radius 3 is 2.35 bits per heavy atom. The summed E-state index contributed by atoms with van der Waals surface area (Å²) in [5, 5.41) is 18.9. The predicted molar refractivity (Wildman–Crippen MR) is 73.7 cm³/mol. The SMILES string of the molecule is COC(=O)C(Cc1ccc(O)c(C(C)(C)C)c1)C(=O)O. The number of phenolic OH excluding ortho intramolecular Hbond substituents is 1. The molecular weight excluding hydrogens is 260 g/mol. The van der Waals surface area contributed by atoms with E-state index in [2.05, 4.69) is 4.74 Å². The highest BCUT2D eigenvalue weighted by Gasteiger charge is 2.28. The Hall–Kier alpha value is -2.04. The molecule has 0 aliphatic heterocycles. The molecule has 0 heterocycles. The van der Waals surface area contributed by atoms with Crippen LogP contribution in [-0.4, -0.2) is 29.3 Å². The van der Waals surface area contributed by atoms with Crippen LogP contribution in [0.15, 0.2) is 18.2 Å². The van der Waals surface area contributed by atoms with Gasteiger partial charge in [-0.15, -0.1) is 0 Å². The Kier molecular flexibility index (Phi) is 4.76. The van der Waals surface area contributed by atoms with Crippen molar-refractivity contribution in [2.75, 3.05) is 7.11 Å². The predicted octanol–water partition coefficient (Wildman–Crippen LogP) is 2.11. The largest absolute Gasteiger partial charge is 0.508 e. The molecule has 1 aromatic rings. The lowest BCUT2D eigenvalue weighted by atomic mass is 9.84. The second kappa shape index (κ2) is 5.94. The number of benzene rings is 1. The lowest BCUT2D eigenvalue weighted by Crippen LogP contribution is -2.27. The van der Waals surface area contributed by atoms with E-state index in [0.29, 0.717) is 11.1 Å². The average molecular weight is 280 g/mol. The minimum Gasteiger partial charge on any atom is -0.508 e. The van der Waals surface area contributed by atoms with Crippen LogP contribution in [0, 0.1) is 5.92 Å². The molecule has 0 radical (unpaired) electrons. The van der Waals surface area contributed by atoms with Crippen LogP contribution in [0.4, 0.5) is 0 Å². The maximum Gasteiger partial charge on any atom is 0.320 e. The van der Waals surface area contributed by atoms with Crippen LogP contribution < -0.4 is 0 Å². The highest BCUT2D eigenvalue weighted by molar-refractivity contribution is 5.94. The third-order valence-electron chi connectivity index (χ3n) is 3.09. The molecule has 0 saturated carbocycles. The molecule has 0 amide bonds. The van der Waals surface area contributed by atoms with Crippen molar-refractivity contribution in [1.29, 1.82) is 0 Å². The van der Waals surface area contributed by atoms with Crippen molar-refractivity contribution in [2.45, 2.75) is 32.6 Å². The van der Waals surface area contributed by atoms with Crippen molar-refractivity contribution in [3.8, 4) is 5.75 Å². The zero-order valence-electron chi connectivity index (χ0n) is 12.1. The number of hydrogen-bond acceptors (Lipinski definition) is 4. The van der Waals surface area contributed by atoms with E-state index in [1.807, 2.05) is 20.8 Å². The van der Waals surface area contributed by atoms with Gasteiger partial charge in [0, 0.05) is 0 Å². The number of ether oxygens (including phenoxy) is 1. The zero-order valence-corrected chi connectivity index (χ0v) is 12.1. The van der Waals surface area contributed by atoms with Crippen molar-refractivity contribution < 1.29 is 24.5 Å². The minimum atomic E-state index is -1.24. The topological polar surface area (TPSA) is 83.8 Å². The van der Waals surface area contributed by atoms with Gasteiger partial charge < -0.3 is 14.9 Å². The van der Waals surface area contributed by atoms with Gasteiger partial charge in [-0.2, -0.15) is 0 Å². The fourth-order valence-electron chi connectivity index (χ4n) is 1.96. The molecule has 0 saturated heterocycles. The minimum absolute atomic E-state index is 0.0331. The smallest absolute Gasteiger partial charge is 0.320 e. The second-order valence-corrected chi connectivity index (χ2v) is 5.72. The van der Waals surface area contributed by atoms with Crippen LogP contribution in [0.25, 0.3) is 0 Å². The first-order chi connectivity index (χ1) is 9.16. The number of phenols is 1. The number of aliphatic carboxylic acids is 1. The summed E-state index contributed by atoms with van der Waals surface area (Å²) in [7, 11) is 1.16. The molecule has 20 heavy (non-hydrogen) atoms. The molecule has 0 bridgehead atoms. The molecule has 5 nitrogen and oxygen atoms in total. The first-order valence-electron chi connectivity index (χ1n) is 6.30. The normalized spacial score (nSPS) is 12.8. The van der Waals surface area contributed by atoms with E-state index >= 15 is 0 Å². The molecular formula is C15H20O5. The molecule has 110 valence electrons. The number of rotatable bonds is 4. The van der Waals surface area contributed by atoms with E-state index in [9.17, 15) is 14.7 Å². The van der Waals surface area contributed by atoms with Gasteiger partial charge in [0.1, 0.15) is 5.75 Å². The first kappa shape index (κ1) is 16.0. The molecule has 1 unspecified atom stereocenters. The van der Waals surface area contributed by atoms with Crippen molar-refractivity contribution in [3.05, 3.63) is 29.3 Å². The van der Waals surface area contributed by atoms with E-state index < -0.39 is 17.9 Å². The summed E-state index contributed by atoms with van der Waals surface area (Å²) in [6.45, 7) is 5.84. The van der Waals surface area contributed by atoms with Crippen LogP contribution in [-0.2, 0) is 26.2 Å². The highest BCUT2D eigenvalue weighted by Crippen LogP contribution is 2.31. The molecule has 0 aliphatic carbocycles. The summed E-state index contributed by atoms with van der Waals surface area (Å²) in [4.78, 5) is 22.6. The summed E-state index contributed by atoms with van der Waals surface area (Å²) < 4.78 is 4.50. The zero-order chi connectivity index (χ0) is 15.5. The lowest BCUT2D eigenvalue weighted by Gasteiger charge is -2.21. The lowest BCUT2D eigenvalue weighted by molar-refractivity contribution is -0.156. The molecule has 0 fully saturated rings. The maximum atomic E-state index is 11.5. The van der Waals surface area contributed by atoms with E-state index in [1.54, 1.807) is 12.1 Å². The Balaban J connectivity index is 3.09. The van der Waals surface area contributed by atoms with Crippen LogP contribution in [0.3, 0.4) is 0 Å². The number of esters is 1. The second-order valence-electron chi connectivity index (χ2n) is 5.72. The molecule has 1 rings (SSSR count). The summed E-state index contributed by atoms with van der Waals surface area (Å²) in [5.74, 6) is -3.08. The van der Waals surface area contributed by atoms with Crippen LogP contribution in [0.5, 0.6) is 5.75 Å². The van der Waals surface area contributed by atoms with Crippen LogP contribution in [0.1, 0.15) is 31.9 Å². The molecule has 0 aliphatic rings. The number of hydrogen-bond donors (Lipinski definition) is 2. The third-order valence-corrected chi connectivity index (χ3v) is 3.09. The van der Waals surface area contributed by atoms with Gasteiger partial charge in [-0.1, -0.05) is 32.9 Å². The molecule has 5 heteroatoms. The number of methoxy groups -OCH3 is 1. The highest BCUT2D eigenvalue weighted by atomic mass is 16.5. The fourth-order valence-corrected chi connectivity index (χ4v) is 1.96. The molecule has 0 spiro atoms. The van der Waals surface area contributed by atoms with Crippen molar-refractivity contribution in [2.24, 2.45) is 5.92 Å². The van der Waals surface area contributed by atoms with Gasteiger partial charge in [-0.05, 0) is 29.0 Å². The summed E-state index contributed by atoms with van der Waals surface area (Å²) >= 11 is 0. The molecule has 1 atom stereocenters. The van der Waals surface area contributed by atoms with Crippen LogP contribution in [0.2, 0.25) is 0 Å². The van der Waals surface area contributed by atoms with E-state index in [0.717, 1.165) is 7.11 Å². The monoisotopic (exact) mass is 280 g/mol. The first-order valence-corrected chi connectivity index (χ1v) is 6.30. The van der Waals surface area contributed by atoms with Gasteiger partial charge in [0.2, 0.25) is 0 Å². The molecule has 0 aromatic heterocycles. The van der Waals surface area contributed by atoms with Gasteiger partial charge in [0.05, 0.1) is 7.11 Å². The van der Waals surface area contributed by atoms with Gasteiger partial charge in [-0.25, -0.2) is 0 Å². The standard InChI is InChI=1S/C15H20O5/c1-15(2,3)11-8-9(5-6-12(11)16)7-10(13(17)18)14(19)20-4/h5-6,8,10,16H,7H2,1-4H3,(H,17,18). The Morgan fingerprint density at radius 2 is 1.90 bits per heavy atom.